The molecule has 1 saturated heterocycles. The lowest BCUT2D eigenvalue weighted by atomic mass is 9.97. The van der Waals surface area contributed by atoms with Crippen LogP contribution in [0.4, 0.5) is 11.4 Å². The van der Waals surface area contributed by atoms with Crippen molar-refractivity contribution in [3.63, 3.8) is 0 Å². The molecule has 1 atom stereocenters. The van der Waals surface area contributed by atoms with E-state index in [9.17, 15) is 9.59 Å². The molecule has 3 aromatic rings. The molecule has 2 amide bonds. The summed E-state index contributed by atoms with van der Waals surface area (Å²) in [6.07, 6.45) is 5.78. The molecule has 0 bridgehead atoms. The van der Waals surface area contributed by atoms with Gasteiger partial charge in [0.1, 0.15) is 17.6 Å². The lowest BCUT2D eigenvalue weighted by Gasteiger charge is -2.32. The van der Waals surface area contributed by atoms with Crippen LogP contribution in [-0.4, -0.2) is 24.9 Å². The number of hydrogen-bond donors (Lipinski definition) is 2. The first-order chi connectivity index (χ1) is 18.3. The summed E-state index contributed by atoms with van der Waals surface area (Å²) >= 11 is 0. The van der Waals surface area contributed by atoms with Gasteiger partial charge in [0.2, 0.25) is 5.91 Å². The number of hydrogen-bond acceptors (Lipinski definition) is 4. The van der Waals surface area contributed by atoms with Gasteiger partial charge in [-0.05, 0) is 80.5 Å². The number of benzene rings is 2. The summed E-state index contributed by atoms with van der Waals surface area (Å²) in [5.41, 5.74) is 6.59. The molecule has 2 N–H and O–H groups in total. The van der Waals surface area contributed by atoms with Crippen LogP contribution in [0.15, 0.2) is 59.0 Å². The van der Waals surface area contributed by atoms with E-state index >= 15 is 0 Å². The zero-order valence-electron chi connectivity index (χ0n) is 22.8. The molecule has 1 unspecified atom stereocenters. The van der Waals surface area contributed by atoms with E-state index in [-0.39, 0.29) is 24.2 Å². The molecule has 0 spiro atoms. The number of carbonyl (C=O) groups is 2. The fourth-order valence-electron chi connectivity index (χ4n) is 5.46. The highest BCUT2D eigenvalue weighted by molar-refractivity contribution is 6.31. The molecule has 0 aliphatic carbocycles. The van der Waals surface area contributed by atoms with Gasteiger partial charge in [0.25, 0.3) is 5.91 Å². The van der Waals surface area contributed by atoms with Crippen LogP contribution >= 0.6 is 0 Å². The van der Waals surface area contributed by atoms with Crippen molar-refractivity contribution in [1.82, 2.24) is 5.32 Å². The van der Waals surface area contributed by atoms with E-state index < -0.39 is 6.04 Å². The molecule has 2 aliphatic rings. The Morgan fingerprint density at radius 1 is 1.05 bits per heavy atom. The van der Waals surface area contributed by atoms with E-state index in [1.165, 1.54) is 24.8 Å². The number of anilines is 2. The van der Waals surface area contributed by atoms with E-state index in [2.05, 4.69) is 54.5 Å². The van der Waals surface area contributed by atoms with E-state index in [4.69, 9.17) is 4.42 Å². The number of amides is 2. The minimum absolute atomic E-state index is 0.0897. The minimum Gasteiger partial charge on any atom is -0.464 e. The number of piperidine rings is 1. The molecule has 5 rings (SSSR count). The quantitative estimate of drug-likeness (QED) is 0.364. The van der Waals surface area contributed by atoms with Crippen LogP contribution in [0.3, 0.4) is 0 Å². The maximum absolute atomic E-state index is 13.5. The summed E-state index contributed by atoms with van der Waals surface area (Å²) in [7, 11) is 0. The SMILES string of the molecule is Cc1ccc(C(NC(=O)Cc2ccc3c(c2)/C(=C\C(C)C)C(=O)N3)c2ccc(C)o2)c(N2CCCCC2)c1. The molecule has 198 valence electrons. The zero-order chi connectivity index (χ0) is 26.8. The second-order valence-electron chi connectivity index (χ2n) is 10.9. The number of nitrogens with zero attached hydrogens (tertiary/aromatic N) is 1. The number of aryl methyl sites for hydroxylation is 2. The van der Waals surface area contributed by atoms with Crippen LogP contribution in [0.5, 0.6) is 0 Å². The molecule has 6 nitrogen and oxygen atoms in total. The Morgan fingerprint density at radius 2 is 1.84 bits per heavy atom. The second kappa shape index (κ2) is 10.9. The largest absolute Gasteiger partial charge is 0.464 e. The van der Waals surface area contributed by atoms with Gasteiger partial charge >= 0.3 is 0 Å². The van der Waals surface area contributed by atoms with E-state index in [1.54, 1.807) is 0 Å². The molecule has 38 heavy (non-hydrogen) atoms. The molecule has 6 heteroatoms. The van der Waals surface area contributed by atoms with Crippen molar-refractivity contribution in [1.29, 1.82) is 0 Å². The van der Waals surface area contributed by atoms with Gasteiger partial charge in [0, 0.05) is 41.2 Å². The third kappa shape index (κ3) is 5.54. The number of furan rings is 1. The van der Waals surface area contributed by atoms with Crippen molar-refractivity contribution in [2.24, 2.45) is 5.92 Å². The topological polar surface area (TPSA) is 74.6 Å². The van der Waals surface area contributed by atoms with Gasteiger partial charge in [-0.2, -0.15) is 0 Å². The monoisotopic (exact) mass is 511 g/mol. The average molecular weight is 512 g/mol. The van der Waals surface area contributed by atoms with Crippen molar-refractivity contribution in [2.75, 3.05) is 23.3 Å². The summed E-state index contributed by atoms with van der Waals surface area (Å²) in [5, 5.41) is 6.20. The van der Waals surface area contributed by atoms with Crippen LogP contribution in [-0.2, 0) is 16.0 Å². The van der Waals surface area contributed by atoms with Crippen molar-refractivity contribution < 1.29 is 14.0 Å². The third-order valence-corrected chi connectivity index (χ3v) is 7.28. The third-order valence-electron chi connectivity index (χ3n) is 7.28. The number of carbonyl (C=O) groups excluding carboxylic acids is 2. The zero-order valence-corrected chi connectivity index (χ0v) is 22.8. The minimum atomic E-state index is -0.400. The highest BCUT2D eigenvalue weighted by Crippen LogP contribution is 2.35. The first kappa shape index (κ1) is 25.8. The van der Waals surface area contributed by atoms with Crippen molar-refractivity contribution >= 4 is 28.8 Å². The number of nitrogens with one attached hydrogen (secondary N) is 2. The van der Waals surface area contributed by atoms with Gasteiger partial charge in [-0.1, -0.05) is 38.1 Å². The Labute approximate surface area is 225 Å². The van der Waals surface area contributed by atoms with Crippen LogP contribution < -0.4 is 15.5 Å². The standard InChI is InChI=1S/C32H37N3O3/c1-20(2)16-26-25-18-23(10-12-27(25)33-32(26)37)19-30(36)34-31(29-13-9-22(4)38-29)24-11-8-21(3)17-28(24)35-14-6-5-7-15-35/h8-13,16-18,20,31H,5-7,14-15,19H2,1-4H3,(H,33,37)(H,34,36)/b26-16+. The normalized spacial score (nSPS) is 17.0. The molecular weight excluding hydrogens is 474 g/mol. The van der Waals surface area contributed by atoms with E-state index in [0.29, 0.717) is 5.57 Å². The van der Waals surface area contributed by atoms with Crippen molar-refractivity contribution in [2.45, 2.75) is 59.4 Å². The van der Waals surface area contributed by atoms with Gasteiger partial charge in [-0.25, -0.2) is 0 Å². The van der Waals surface area contributed by atoms with Gasteiger partial charge in [-0.15, -0.1) is 0 Å². The maximum atomic E-state index is 13.5. The second-order valence-corrected chi connectivity index (χ2v) is 10.9. The number of fused-ring (bicyclic) bond motifs is 1. The molecule has 0 saturated carbocycles. The predicted octanol–water partition coefficient (Wildman–Crippen LogP) is 6.33. The summed E-state index contributed by atoms with van der Waals surface area (Å²) < 4.78 is 6.06. The summed E-state index contributed by atoms with van der Waals surface area (Å²) in [6, 6.07) is 15.7. The number of rotatable bonds is 7. The van der Waals surface area contributed by atoms with E-state index in [0.717, 1.165) is 52.7 Å². The fraction of sp³-hybridized carbons (Fsp3) is 0.375. The molecule has 0 radical (unpaired) electrons. The maximum Gasteiger partial charge on any atom is 0.256 e. The predicted molar refractivity (Wildman–Crippen MR) is 152 cm³/mol. The first-order valence-electron chi connectivity index (χ1n) is 13.7. The van der Waals surface area contributed by atoms with Crippen molar-refractivity contribution in [3.05, 3.63) is 88.4 Å². The Balaban J connectivity index is 1.43. The molecule has 3 heterocycles. The molecule has 2 aliphatic heterocycles. The smallest absolute Gasteiger partial charge is 0.256 e. The van der Waals surface area contributed by atoms with Gasteiger partial charge in [0.15, 0.2) is 0 Å². The molecular formula is C32H37N3O3. The highest BCUT2D eigenvalue weighted by atomic mass is 16.3. The van der Waals surface area contributed by atoms with Crippen LogP contribution in [0.2, 0.25) is 0 Å². The Morgan fingerprint density at radius 3 is 2.55 bits per heavy atom. The van der Waals surface area contributed by atoms with Gasteiger partial charge in [-0.3, -0.25) is 9.59 Å². The molecule has 1 fully saturated rings. The van der Waals surface area contributed by atoms with Crippen LogP contribution in [0, 0.1) is 19.8 Å². The molecule has 1 aromatic heterocycles. The fourth-order valence-corrected chi connectivity index (χ4v) is 5.46. The Kier molecular flexibility index (Phi) is 7.41. The summed E-state index contributed by atoms with van der Waals surface area (Å²) in [4.78, 5) is 28.4. The van der Waals surface area contributed by atoms with Gasteiger partial charge in [0.05, 0.1) is 6.42 Å². The lowest BCUT2D eigenvalue weighted by molar-refractivity contribution is -0.121. The molecule has 2 aromatic carbocycles. The Hall–Kier alpha value is -3.80. The van der Waals surface area contributed by atoms with Crippen LogP contribution in [0.1, 0.15) is 72.9 Å². The van der Waals surface area contributed by atoms with E-state index in [1.807, 2.05) is 43.3 Å². The average Bonchev–Trinajstić information content (AvgIpc) is 3.45. The number of allylic oxidation sites excluding steroid dienone is 1. The van der Waals surface area contributed by atoms with Crippen molar-refractivity contribution in [3.8, 4) is 0 Å². The summed E-state index contributed by atoms with van der Waals surface area (Å²) in [6.45, 7) is 10.2. The lowest BCUT2D eigenvalue weighted by Crippen LogP contribution is -2.34. The highest BCUT2D eigenvalue weighted by Gasteiger charge is 2.27. The first-order valence-corrected chi connectivity index (χ1v) is 13.7. The Bertz CT molecular complexity index is 1380. The van der Waals surface area contributed by atoms with Crippen LogP contribution in [0.25, 0.3) is 5.57 Å². The summed E-state index contributed by atoms with van der Waals surface area (Å²) in [5.74, 6) is 1.60. The van der Waals surface area contributed by atoms with Gasteiger partial charge < -0.3 is 20.0 Å².